The number of esters is 1. The Kier molecular flexibility index (Phi) is 43.0. The summed E-state index contributed by atoms with van der Waals surface area (Å²) in [5.41, 5.74) is 5.74. The maximum absolute atomic E-state index is 12.1. The zero-order valence-corrected chi connectivity index (χ0v) is 37.3. The van der Waals surface area contributed by atoms with Gasteiger partial charge in [-0.1, -0.05) is 188 Å². The number of aliphatic carboxylic acids is 1. The van der Waals surface area contributed by atoms with Crippen LogP contribution in [0.5, 0.6) is 0 Å². The van der Waals surface area contributed by atoms with Gasteiger partial charge in [0.15, 0.2) is 0 Å². The molecule has 0 spiro atoms. The monoisotopic (exact) mass is 781 g/mol. The smallest absolute Gasteiger partial charge is 0.320 e. The van der Waals surface area contributed by atoms with Gasteiger partial charge in [0, 0.05) is 13.0 Å². The van der Waals surface area contributed by atoms with Crippen molar-refractivity contribution in [2.45, 2.75) is 264 Å². The van der Waals surface area contributed by atoms with Gasteiger partial charge in [-0.3, -0.25) is 9.59 Å². The van der Waals surface area contributed by atoms with Gasteiger partial charge in [-0.15, -0.1) is 0 Å². The van der Waals surface area contributed by atoms with Gasteiger partial charge in [-0.25, -0.2) is 0 Å². The van der Waals surface area contributed by atoms with Crippen LogP contribution in [0.15, 0.2) is 0 Å². The standard InChI is InChI=1S/C48H96N2O5/c1-4-7-10-13-17-26-35-44-55-47(51)39-29-22-19-24-32-41-50(42-33-30-38-46(49)48(52)53)40-31-23-16-18-25-34-43-54-45(36-27-20-14-11-8-5-2)37-28-21-15-12-9-6-3/h45-46H,4-44,49H2,1-3H3,(H,52,53). The van der Waals surface area contributed by atoms with E-state index in [4.69, 9.17) is 20.3 Å². The van der Waals surface area contributed by atoms with Crippen molar-refractivity contribution in [3.63, 3.8) is 0 Å². The third kappa shape index (κ3) is 40.8. The van der Waals surface area contributed by atoms with Crippen LogP contribution in [0.2, 0.25) is 0 Å². The minimum absolute atomic E-state index is 0.0284. The first-order valence-electron chi connectivity index (χ1n) is 24.4. The normalized spacial score (nSPS) is 12.3. The number of ether oxygens (including phenoxy) is 2. The molecule has 0 saturated heterocycles. The van der Waals surface area contributed by atoms with Crippen molar-refractivity contribution in [1.82, 2.24) is 4.90 Å². The van der Waals surface area contributed by atoms with E-state index in [9.17, 15) is 9.59 Å². The highest BCUT2D eigenvalue weighted by molar-refractivity contribution is 5.72. The van der Waals surface area contributed by atoms with Crippen LogP contribution < -0.4 is 5.73 Å². The van der Waals surface area contributed by atoms with E-state index in [1.54, 1.807) is 0 Å². The van der Waals surface area contributed by atoms with E-state index < -0.39 is 12.0 Å². The van der Waals surface area contributed by atoms with Crippen LogP contribution in [-0.2, 0) is 19.1 Å². The van der Waals surface area contributed by atoms with Crippen molar-refractivity contribution >= 4 is 11.9 Å². The molecule has 7 heteroatoms. The molecule has 7 nitrogen and oxygen atoms in total. The van der Waals surface area contributed by atoms with E-state index in [2.05, 4.69) is 25.7 Å². The Labute approximate surface area is 342 Å². The van der Waals surface area contributed by atoms with Gasteiger partial charge in [0.25, 0.3) is 0 Å². The molecule has 1 unspecified atom stereocenters. The van der Waals surface area contributed by atoms with Crippen LogP contribution in [-0.4, -0.2) is 66.9 Å². The molecule has 0 aliphatic heterocycles. The number of carbonyl (C=O) groups excluding carboxylic acids is 1. The molecule has 0 aliphatic carbocycles. The number of carboxylic acid groups (broad SMARTS) is 1. The van der Waals surface area contributed by atoms with Gasteiger partial charge in [-0.2, -0.15) is 0 Å². The third-order valence-electron chi connectivity index (χ3n) is 11.4. The topological polar surface area (TPSA) is 102 Å². The Hall–Kier alpha value is -1.18. The summed E-state index contributed by atoms with van der Waals surface area (Å²) in [5, 5.41) is 9.13. The lowest BCUT2D eigenvalue weighted by molar-refractivity contribution is -0.144. The van der Waals surface area contributed by atoms with Crippen LogP contribution in [0.25, 0.3) is 0 Å². The fourth-order valence-corrected chi connectivity index (χ4v) is 7.62. The van der Waals surface area contributed by atoms with Gasteiger partial charge in [0.2, 0.25) is 0 Å². The lowest BCUT2D eigenvalue weighted by atomic mass is 10.0. The Bertz CT molecular complexity index is 780. The predicted molar refractivity (Wildman–Crippen MR) is 236 cm³/mol. The first-order chi connectivity index (χ1) is 26.9. The molecule has 0 rings (SSSR count). The molecule has 0 bridgehead atoms. The minimum Gasteiger partial charge on any atom is -0.480 e. The molecule has 328 valence electrons. The van der Waals surface area contributed by atoms with E-state index in [-0.39, 0.29) is 5.97 Å². The Morgan fingerprint density at radius 3 is 1.31 bits per heavy atom. The van der Waals surface area contributed by atoms with Gasteiger partial charge < -0.3 is 25.2 Å². The maximum atomic E-state index is 12.1. The quantitative estimate of drug-likeness (QED) is 0.0468. The van der Waals surface area contributed by atoms with Crippen molar-refractivity contribution in [3.8, 4) is 0 Å². The van der Waals surface area contributed by atoms with Crippen molar-refractivity contribution in [3.05, 3.63) is 0 Å². The van der Waals surface area contributed by atoms with Crippen LogP contribution in [0, 0.1) is 0 Å². The molecule has 0 saturated carbocycles. The molecular formula is C48H96N2O5. The largest absolute Gasteiger partial charge is 0.480 e. The number of rotatable bonds is 46. The fraction of sp³-hybridized carbons (Fsp3) is 0.958. The maximum Gasteiger partial charge on any atom is 0.320 e. The van der Waals surface area contributed by atoms with Crippen molar-refractivity contribution in [2.75, 3.05) is 32.8 Å². The number of nitrogens with zero attached hydrogens (tertiary/aromatic N) is 1. The molecule has 0 aromatic carbocycles. The van der Waals surface area contributed by atoms with Gasteiger partial charge in [0.05, 0.1) is 12.7 Å². The molecule has 0 aromatic rings. The van der Waals surface area contributed by atoms with Crippen molar-refractivity contribution < 1.29 is 24.2 Å². The zero-order chi connectivity index (χ0) is 40.3. The first-order valence-corrected chi connectivity index (χ1v) is 24.4. The molecule has 0 aromatic heterocycles. The number of hydrogen-bond acceptors (Lipinski definition) is 6. The first kappa shape index (κ1) is 53.8. The van der Waals surface area contributed by atoms with Gasteiger partial charge in [-0.05, 0) is 77.4 Å². The average molecular weight is 781 g/mol. The van der Waals surface area contributed by atoms with E-state index in [0.29, 0.717) is 25.6 Å². The SMILES string of the molecule is CCCCCCCCCOC(=O)CCCCCCCN(CCCCCCCCOC(CCCCCCCC)CCCCCCCC)CCCCC(N)C(=O)O. The second-order valence-corrected chi connectivity index (χ2v) is 16.9. The molecule has 0 radical (unpaired) electrons. The molecule has 55 heavy (non-hydrogen) atoms. The highest BCUT2D eigenvalue weighted by Crippen LogP contribution is 2.18. The summed E-state index contributed by atoms with van der Waals surface area (Å²) >= 11 is 0. The second kappa shape index (κ2) is 43.9. The molecule has 3 N–H and O–H groups in total. The third-order valence-corrected chi connectivity index (χ3v) is 11.4. The highest BCUT2D eigenvalue weighted by atomic mass is 16.5. The summed E-state index contributed by atoms with van der Waals surface area (Å²) in [7, 11) is 0. The van der Waals surface area contributed by atoms with Gasteiger partial charge >= 0.3 is 11.9 Å². The summed E-state index contributed by atoms with van der Waals surface area (Å²) in [4.78, 5) is 25.8. The van der Waals surface area contributed by atoms with Crippen LogP contribution in [0.3, 0.4) is 0 Å². The van der Waals surface area contributed by atoms with Crippen molar-refractivity contribution in [2.24, 2.45) is 5.73 Å². The molecule has 0 fully saturated rings. The Morgan fingerprint density at radius 2 is 0.836 bits per heavy atom. The summed E-state index contributed by atoms with van der Waals surface area (Å²) in [6.07, 6.45) is 44.0. The molecule has 1 atom stereocenters. The summed E-state index contributed by atoms with van der Waals surface area (Å²) < 4.78 is 11.9. The Morgan fingerprint density at radius 1 is 0.473 bits per heavy atom. The van der Waals surface area contributed by atoms with Crippen molar-refractivity contribution in [1.29, 1.82) is 0 Å². The lowest BCUT2D eigenvalue weighted by Crippen LogP contribution is -2.31. The second-order valence-electron chi connectivity index (χ2n) is 16.9. The van der Waals surface area contributed by atoms with E-state index in [1.165, 1.54) is 180 Å². The van der Waals surface area contributed by atoms with Gasteiger partial charge in [0.1, 0.15) is 6.04 Å². The van der Waals surface area contributed by atoms with E-state index in [1.807, 2.05) is 0 Å². The summed E-state index contributed by atoms with van der Waals surface area (Å²) in [6.45, 7) is 11.6. The number of carboxylic acids is 1. The molecular weight excluding hydrogens is 685 g/mol. The minimum atomic E-state index is -0.897. The molecule has 0 aliphatic rings. The number of unbranched alkanes of at least 4 members (excludes halogenated alkanes) is 26. The molecule has 0 amide bonds. The number of hydrogen-bond donors (Lipinski definition) is 2. The summed E-state index contributed by atoms with van der Waals surface area (Å²) in [5.74, 6) is -0.926. The summed E-state index contributed by atoms with van der Waals surface area (Å²) in [6, 6.07) is -0.747. The Balaban J connectivity index is 4.24. The number of carbonyl (C=O) groups is 2. The van der Waals surface area contributed by atoms with E-state index >= 15 is 0 Å². The van der Waals surface area contributed by atoms with Crippen LogP contribution in [0.1, 0.15) is 252 Å². The van der Waals surface area contributed by atoms with Crippen LogP contribution in [0.4, 0.5) is 0 Å². The fourth-order valence-electron chi connectivity index (χ4n) is 7.62. The average Bonchev–Trinajstić information content (AvgIpc) is 3.18. The molecule has 0 heterocycles. The predicted octanol–water partition coefficient (Wildman–Crippen LogP) is 13.7. The zero-order valence-electron chi connectivity index (χ0n) is 37.3. The highest BCUT2D eigenvalue weighted by Gasteiger charge is 2.12. The van der Waals surface area contributed by atoms with E-state index in [0.717, 1.165) is 64.8 Å². The number of nitrogens with two attached hydrogens (primary N) is 1. The van der Waals surface area contributed by atoms with Crippen LogP contribution >= 0.6 is 0 Å². The lowest BCUT2D eigenvalue weighted by Gasteiger charge is -2.22.